The monoisotopic (exact) mass is 236 g/mol. The highest BCUT2D eigenvalue weighted by Crippen LogP contribution is 2.03. The Morgan fingerprint density at radius 1 is 1.24 bits per heavy atom. The lowest BCUT2D eigenvalue weighted by Crippen LogP contribution is -2.37. The zero-order valence-corrected chi connectivity index (χ0v) is 9.46. The summed E-state index contributed by atoms with van der Waals surface area (Å²) in [5.41, 5.74) is 11.4. The van der Waals surface area contributed by atoms with E-state index in [1.165, 1.54) is 0 Å². The molecule has 0 aromatic heterocycles. The van der Waals surface area contributed by atoms with Crippen molar-refractivity contribution in [1.29, 1.82) is 0 Å². The Kier molecular flexibility index (Phi) is 5.16. The maximum Gasteiger partial charge on any atom is 0.404 e. The second-order valence-corrected chi connectivity index (χ2v) is 3.69. The second kappa shape index (κ2) is 6.65. The van der Waals surface area contributed by atoms with E-state index in [-0.39, 0.29) is 12.4 Å². The van der Waals surface area contributed by atoms with E-state index in [2.05, 4.69) is 4.74 Å². The molecular weight excluding hydrogens is 220 g/mol. The molecular formula is C12H16N2O3. The first-order chi connectivity index (χ1) is 8.09. The first kappa shape index (κ1) is 13.2. The minimum atomic E-state index is -0.920. The van der Waals surface area contributed by atoms with Gasteiger partial charge in [-0.1, -0.05) is 30.3 Å². The molecule has 1 aromatic carbocycles. The number of ketones is 1. The lowest BCUT2D eigenvalue weighted by molar-refractivity contribution is -0.121. The molecule has 1 aromatic rings. The van der Waals surface area contributed by atoms with Crippen LogP contribution in [0, 0.1) is 0 Å². The molecule has 1 atom stereocenters. The maximum absolute atomic E-state index is 11.6. The smallest absolute Gasteiger partial charge is 0.404 e. The Morgan fingerprint density at radius 2 is 1.88 bits per heavy atom. The fraction of sp³-hybridized carbons (Fsp3) is 0.333. The molecule has 0 bridgehead atoms. The molecule has 0 saturated heterocycles. The van der Waals surface area contributed by atoms with Gasteiger partial charge in [-0.25, -0.2) is 4.79 Å². The van der Waals surface area contributed by atoms with Crippen LogP contribution < -0.4 is 11.5 Å². The molecule has 0 aliphatic rings. The number of hydrogen-bond acceptors (Lipinski definition) is 4. The van der Waals surface area contributed by atoms with Crippen molar-refractivity contribution in [3.63, 3.8) is 0 Å². The first-order valence-corrected chi connectivity index (χ1v) is 5.34. The predicted molar refractivity (Wildman–Crippen MR) is 63.3 cm³/mol. The fourth-order valence-electron chi connectivity index (χ4n) is 1.36. The number of primary amides is 1. The van der Waals surface area contributed by atoms with Gasteiger partial charge in [0.2, 0.25) is 0 Å². The van der Waals surface area contributed by atoms with Gasteiger partial charge in [0, 0.05) is 6.42 Å². The Bertz CT molecular complexity index is 379. The lowest BCUT2D eigenvalue weighted by Gasteiger charge is -2.09. The summed E-state index contributed by atoms with van der Waals surface area (Å²) in [6.07, 6.45) is 0.0355. The molecule has 17 heavy (non-hydrogen) atoms. The number of Topliss-reactive ketones (excluding diaryl/α,β-unsaturated/α-hetero) is 1. The topological polar surface area (TPSA) is 95.4 Å². The van der Waals surface area contributed by atoms with Gasteiger partial charge in [0.05, 0.1) is 6.04 Å². The number of benzene rings is 1. The average Bonchev–Trinajstić information content (AvgIpc) is 2.34. The highest BCUT2D eigenvalue weighted by Gasteiger charge is 2.14. The third kappa shape index (κ3) is 5.12. The second-order valence-electron chi connectivity index (χ2n) is 3.69. The van der Waals surface area contributed by atoms with Gasteiger partial charge in [-0.05, 0) is 12.0 Å². The van der Waals surface area contributed by atoms with Gasteiger partial charge in [0.1, 0.15) is 6.61 Å². The molecule has 4 N–H and O–H groups in total. The number of ether oxygens (including phenoxy) is 1. The van der Waals surface area contributed by atoms with Gasteiger partial charge < -0.3 is 16.2 Å². The van der Waals surface area contributed by atoms with Crippen LogP contribution in [0.1, 0.15) is 12.0 Å². The molecule has 0 spiro atoms. The number of aryl methyl sites for hydroxylation is 1. The SMILES string of the molecule is NC(=O)OC[C@H](N)C(=O)CCc1ccccc1. The minimum Gasteiger partial charge on any atom is -0.448 e. The van der Waals surface area contributed by atoms with Crippen molar-refractivity contribution < 1.29 is 14.3 Å². The van der Waals surface area contributed by atoms with Gasteiger partial charge in [0.25, 0.3) is 0 Å². The summed E-state index contributed by atoms with van der Waals surface area (Å²) in [4.78, 5) is 21.9. The molecule has 0 unspecified atom stereocenters. The summed E-state index contributed by atoms with van der Waals surface area (Å²) in [5, 5.41) is 0. The molecule has 0 aliphatic carbocycles. The van der Waals surface area contributed by atoms with E-state index in [4.69, 9.17) is 11.5 Å². The van der Waals surface area contributed by atoms with E-state index < -0.39 is 12.1 Å². The minimum absolute atomic E-state index is 0.143. The van der Waals surface area contributed by atoms with Crippen LogP contribution in [-0.4, -0.2) is 24.5 Å². The molecule has 0 fully saturated rings. The highest BCUT2D eigenvalue weighted by atomic mass is 16.5. The Labute approximate surface area is 99.7 Å². The van der Waals surface area contributed by atoms with Crippen LogP contribution in [0.5, 0.6) is 0 Å². The lowest BCUT2D eigenvalue weighted by atomic mass is 10.0. The number of hydrogen-bond donors (Lipinski definition) is 2. The number of rotatable bonds is 6. The van der Waals surface area contributed by atoms with E-state index in [0.717, 1.165) is 5.56 Å². The third-order valence-corrected chi connectivity index (χ3v) is 2.32. The van der Waals surface area contributed by atoms with Crippen molar-refractivity contribution in [2.45, 2.75) is 18.9 Å². The standard InChI is InChI=1S/C12H16N2O3/c13-10(8-17-12(14)16)11(15)7-6-9-4-2-1-3-5-9/h1-5,10H,6-8,13H2,(H2,14,16)/t10-/m0/s1. The highest BCUT2D eigenvalue weighted by molar-refractivity contribution is 5.84. The van der Waals surface area contributed by atoms with Gasteiger partial charge >= 0.3 is 6.09 Å². The summed E-state index contributed by atoms with van der Waals surface area (Å²) in [6, 6.07) is 8.83. The molecule has 0 heterocycles. The number of carbonyl (C=O) groups excluding carboxylic acids is 2. The van der Waals surface area contributed by atoms with Crippen molar-refractivity contribution >= 4 is 11.9 Å². The van der Waals surface area contributed by atoms with Crippen molar-refractivity contribution in [3.8, 4) is 0 Å². The van der Waals surface area contributed by atoms with Crippen molar-refractivity contribution in [2.24, 2.45) is 11.5 Å². The summed E-state index contributed by atoms with van der Waals surface area (Å²) in [6.45, 7) is -0.164. The predicted octanol–water partition coefficient (Wildman–Crippen LogP) is 0.611. The van der Waals surface area contributed by atoms with E-state index >= 15 is 0 Å². The summed E-state index contributed by atoms with van der Waals surface area (Å²) < 4.78 is 4.47. The average molecular weight is 236 g/mol. The summed E-state index contributed by atoms with van der Waals surface area (Å²) in [7, 11) is 0. The van der Waals surface area contributed by atoms with Gasteiger partial charge in [0.15, 0.2) is 5.78 Å². The van der Waals surface area contributed by atoms with Crippen LogP contribution in [0.15, 0.2) is 30.3 Å². The molecule has 92 valence electrons. The van der Waals surface area contributed by atoms with Crippen LogP contribution in [0.4, 0.5) is 4.79 Å². The van der Waals surface area contributed by atoms with Gasteiger partial charge in [-0.3, -0.25) is 4.79 Å². The van der Waals surface area contributed by atoms with Crippen molar-refractivity contribution in [3.05, 3.63) is 35.9 Å². The van der Waals surface area contributed by atoms with Crippen LogP contribution in [0.2, 0.25) is 0 Å². The summed E-state index contributed by atoms with van der Waals surface area (Å²) >= 11 is 0. The maximum atomic E-state index is 11.6. The van der Waals surface area contributed by atoms with E-state index in [0.29, 0.717) is 12.8 Å². The molecule has 0 saturated carbocycles. The number of carbonyl (C=O) groups is 2. The molecule has 1 amide bonds. The van der Waals surface area contributed by atoms with E-state index in [1.54, 1.807) is 0 Å². The molecule has 0 aliphatic heterocycles. The van der Waals surface area contributed by atoms with Crippen LogP contribution in [0.3, 0.4) is 0 Å². The van der Waals surface area contributed by atoms with E-state index in [9.17, 15) is 9.59 Å². The quantitative estimate of drug-likeness (QED) is 0.756. The Hall–Kier alpha value is -1.88. The normalized spacial score (nSPS) is 11.8. The van der Waals surface area contributed by atoms with Crippen LogP contribution in [0.25, 0.3) is 0 Å². The van der Waals surface area contributed by atoms with Gasteiger partial charge in [-0.15, -0.1) is 0 Å². The zero-order valence-electron chi connectivity index (χ0n) is 9.46. The van der Waals surface area contributed by atoms with Crippen LogP contribution in [-0.2, 0) is 16.0 Å². The molecule has 0 radical (unpaired) electrons. The van der Waals surface area contributed by atoms with Gasteiger partial charge in [-0.2, -0.15) is 0 Å². The number of nitrogens with two attached hydrogens (primary N) is 2. The first-order valence-electron chi connectivity index (χ1n) is 5.34. The summed E-state index contributed by atoms with van der Waals surface area (Å²) in [5.74, 6) is -0.143. The molecule has 1 rings (SSSR count). The Balaban J connectivity index is 2.32. The Morgan fingerprint density at radius 3 is 2.47 bits per heavy atom. The van der Waals surface area contributed by atoms with Crippen LogP contribution >= 0.6 is 0 Å². The fourth-order valence-corrected chi connectivity index (χ4v) is 1.36. The zero-order chi connectivity index (χ0) is 12.7. The number of amides is 1. The van der Waals surface area contributed by atoms with Crippen molar-refractivity contribution in [1.82, 2.24) is 0 Å². The largest absolute Gasteiger partial charge is 0.448 e. The van der Waals surface area contributed by atoms with Crippen molar-refractivity contribution in [2.75, 3.05) is 6.61 Å². The third-order valence-electron chi connectivity index (χ3n) is 2.32. The molecule has 5 nitrogen and oxygen atoms in total. The van der Waals surface area contributed by atoms with E-state index in [1.807, 2.05) is 30.3 Å². The molecule has 5 heteroatoms.